The molecular weight excluding hydrogens is 202 g/mol. The van der Waals surface area contributed by atoms with Crippen molar-refractivity contribution in [1.82, 2.24) is 0 Å². The molecule has 0 spiro atoms. The molecule has 1 atom stereocenters. The van der Waals surface area contributed by atoms with Gasteiger partial charge in [-0.1, -0.05) is 6.07 Å². The Balaban J connectivity index is 2.00. The van der Waals surface area contributed by atoms with E-state index < -0.39 is 5.54 Å². The summed E-state index contributed by atoms with van der Waals surface area (Å²) in [5.74, 6) is 0.853. The molecule has 0 aromatic heterocycles. The molecule has 2 rings (SSSR count). The standard InChI is InChI=1S/C13H19NO2/c1-13(14,8-15)9-16-12-6-5-10-3-2-4-11(10)7-12/h5-7,15H,2-4,8-9,14H2,1H3. The van der Waals surface area contributed by atoms with E-state index in [1.165, 1.54) is 24.0 Å². The Bertz CT molecular complexity index is 374. The van der Waals surface area contributed by atoms with E-state index in [9.17, 15) is 0 Å². The highest BCUT2D eigenvalue weighted by Crippen LogP contribution is 2.26. The number of benzene rings is 1. The fraction of sp³-hybridized carbons (Fsp3) is 0.538. The maximum atomic E-state index is 9.02. The Hall–Kier alpha value is -1.06. The molecule has 0 amide bonds. The number of ether oxygens (including phenoxy) is 1. The lowest BCUT2D eigenvalue weighted by Gasteiger charge is -2.22. The van der Waals surface area contributed by atoms with Crippen molar-refractivity contribution in [2.24, 2.45) is 5.73 Å². The van der Waals surface area contributed by atoms with E-state index >= 15 is 0 Å². The summed E-state index contributed by atoms with van der Waals surface area (Å²) in [4.78, 5) is 0. The van der Waals surface area contributed by atoms with E-state index in [2.05, 4.69) is 12.1 Å². The first-order chi connectivity index (χ1) is 7.61. The van der Waals surface area contributed by atoms with E-state index in [4.69, 9.17) is 15.6 Å². The van der Waals surface area contributed by atoms with Gasteiger partial charge in [-0.25, -0.2) is 0 Å². The SMILES string of the molecule is CC(N)(CO)COc1ccc2c(c1)CCC2. The molecule has 16 heavy (non-hydrogen) atoms. The minimum atomic E-state index is -0.668. The number of aliphatic hydroxyl groups is 1. The van der Waals surface area contributed by atoms with Crippen LogP contribution < -0.4 is 10.5 Å². The lowest BCUT2D eigenvalue weighted by Crippen LogP contribution is -2.45. The van der Waals surface area contributed by atoms with Crippen molar-refractivity contribution in [3.05, 3.63) is 29.3 Å². The molecular formula is C13H19NO2. The first-order valence-corrected chi connectivity index (χ1v) is 5.75. The smallest absolute Gasteiger partial charge is 0.119 e. The minimum Gasteiger partial charge on any atom is -0.492 e. The van der Waals surface area contributed by atoms with Crippen molar-refractivity contribution in [3.63, 3.8) is 0 Å². The van der Waals surface area contributed by atoms with Crippen LogP contribution in [0, 0.1) is 0 Å². The van der Waals surface area contributed by atoms with Crippen molar-refractivity contribution in [2.45, 2.75) is 31.7 Å². The predicted molar refractivity (Wildman–Crippen MR) is 63.6 cm³/mol. The fourth-order valence-electron chi connectivity index (χ4n) is 1.93. The molecule has 0 aliphatic heterocycles. The Morgan fingerprint density at radius 2 is 2.12 bits per heavy atom. The summed E-state index contributed by atoms with van der Waals surface area (Å²) in [6.07, 6.45) is 3.57. The number of nitrogens with two attached hydrogens (primary N) is 1. The third kappa shape index (κ3) is 2.54. The Kier molecular flexibility index (Phi) is 3.17. The molecule has 0 saturated heterocycles. The molecule has 0 heterocycles. The van der Waals surface area contributed by atoms with Gasteiger partial charge in [-0.05, 0) is 49.4 Å². The number of aliphatic hydroxyl groups excluding tert-OH is 1. The van der Waals surface area contributed by atoms with Crippen LogP contribution in [-0.4, -0.2) is 23.9 Å². The summed E-state index contributed by atoms with van der Waals surface area (Å²) in [6.45, 7) is 2.04. The highest BCUT2D eigenvalue weighted by atomic mass is 16.5. The number of aryl methyl sites for hydroxylation is 2. The van der Waals surface area contributed by atoms with Crippen LogP contribution in [0.4, 0.5) is 0 Å². The van der Waals surface area contributed by atoms with E-state index in [1.54, 1.807) is 6.92 Å². The van der Waals surface area contributed by atoms with Gasteiger partial charge >= 0.3 is 0 Å². The van der Waals surface area contributed by atoms with Crippen LogP contribution in [-0.2, 0) is 12.8 Å². The van der Waals surface area contributed by atoms with Crippen LogP contribution in [0.3, 0.4) is 0 Å². The molecule has 1 aliphatic carbocycles. The van der Waals surface area contributed by atoms with Crippen molar-refractivity contribution in [1.29, 1.82) is 0 Å². The van der Waals surface area contributed by atoms with E-state index in [1.807, 2.05) is 6.07 Å². The number of rotatable bonds is 4. The largest absolute Gasteiger partial charge is 0.492 e. The van der Waals surface area contributed by atoms with Crippen molar-refractivity contribution in [3.8, 4) is 5.75 Å². The third-order valence-corrected chi connectivity index (χ3v) is 3.00. The van der Waals surface area contributed by atoms with Gasteiger partial charge in [0, 0.05) is 0 Å². The van der Waals surface area contributed by atoms with Crippen molar-refractivity contribution in [2.75, 3.05) is 13.2 Å². The van der Waals surface area contributed by atoms with Crippen LogP contribution in [0.1, 0.15) is 24.5 Å². The normalized spacial score (nSPS) is 17.9. The second-order valence-electron chi connectivity index (χ2n) is 4.88. The molecule has 3 N–H and O–H groups in total. The maximum Gasteiger partial charge on any atom is 0.119 e. The molecule has 1 aromatic carbocycles. The van der Waals surface area contributed by atoms with Gasteiger partial charge < -0.3 is 15.6 Å². The van der Waals surface area contributed by atoms with Gasteiger partial charge in [0.25, 0.3) is 0 Å². The second-order valence-corrected chi connectivity index (χ2v) is 4.88. The summed E-state index contributed by atoms with van der Waals surface area (Å²) in [5, 5.41) is 9.02. The lowest BCUT2D eigenvalue weighted by molar-refractivity contribution is 0.146. The third-order valence-electron chi connectivity index (χ3n) is 3.00. The van der Waals surface area contributed by atoms with Crippen LogP contribution in [0.5, 0.6) is 5.75 Å². The van der Waals surface area contributed by atoms with Crippen molar-refractivity contribution >= 4 is 0 Å². The van der Waals surface area contributed by atoms with Gasteiger partial charge in [0.15, 0.2) is 0 Å². The van der Waals surface area contributed by atoms with Gasteiger partial charge in [0.05, 0.1) is 12.1 Å². The molecule has 1 aliphatic rings. The van der Waals surface area contributed by atoms with E-state index in [0.29, 0.717) is 6.61 Å². The fourth-order valence-corrected chi connectivity index (χ4v) is 1.93. The van der Waals surface area contributed by atoms with E-state index in [-0.39, 0.29) is 6.61 Å². The molecule has 1 aromatic rings. The summed E-state index contributed by atoms with van der Waals surface area (Å²) in [7, 11) is 0. The van der Waals surface area contributed by atoms with Crippen LogP contribution in [0.15, 0.2) is 18.2 Å². The highest BCUT2D eigenvalue weighted by Gasteiger charge is 2.18. The van der Waals surface area contributed by atoms with Crippen LogP contribution in [0.25, 0.3) is 0 Å². The first-order valence-electron chi connectivity index (χ1n) is 5.75. The molecule has 0 saturated carbocycles. The van der Waals surface area contributed by atoms with E-state index in [0.717, 1.165) is 12.2 Å². The topological polar surface area (TPSA) is 55.5 Å². The zero-order valence-electron chi connectivity index (χ0n) is 9.70. The van der Waals surface area contributed by atoms with Gasteiger partial charge in [-0.3, -0.25) is 0 Å². The number of hydrogen-bond donors (Lipinski definition) is 2. The molecule has 1 unspecified atom stereocenters. The zero-order chi connectivity index (χ0) is 11.6. The zero-order valence-corrected chi connectivity index (χ0v) is 9.70. The molecule has 88 valence electrons. The van der Waals surface area contributed by atoms with Crippen LogP contribution >= 0.6 is 0 Å². The molecule has 0 fully saturated rings. The summed E-state index contributed by atoms with van der Waals surface area (Å²) in [6, 6.07) is 6.21. The van der Waals surface area contributed by atoms with Gasteiger partial charge in [-0.2, -0.15) is 0 Å². The minimum absolute atomic E-state index is 0.0715. The van der Waals surface area contributed by atoms with Gasteiger partial charge in [0.1, 0.15) is 12.4 Å². The summed E-state index contributed by atoms with van der Waals surface area (Å²) >= 11 is 0. The lowest BCUT2D eigenvalue weighted by atomic mass is 10.1. The predicted octanol–water partition coefficient (Wildman–Crippen LogP) is 1.26. The molecule has 3 heteroatoms. The monoisotopic (exact) mass is 221 g/mol. The summed E-state index contributed by atoms with van der Waals surface area (Å²) < 4.78 is 5.60. The number of fused-ring (bicyclic) bond motifs is 1. The molecule has 0 bridgehead atoms. The Morgan fingerprint density at radius 1 is 1.38 bits per heavy atom. The average Bonchev–Trinajstić information content (AvgIpc) is 2.73. The van der Waals surface area contributed by atoms with Gasteiger partial charge in [-0.15, -0.1) is 0 Å². The Labute approximate surface area is 96.2 Å². The maximum absolute atomic E-state index is 9.02. The average molecular weight is 221 g/mol. The van der Waals surface area contributed by atoms with Crippen molar-refractivity contribution < 1.29 is 9.84 Å². The highest BCUT2D eigenvalue weighted by molar-refractivity contribution is 5.38. The van der Waals surface area contributed by atoms with Crippen LogP contribution in [0.2, 0.25) is 0 Å². The number of hydrogen-bond acceptors (Lipinski definition) is 3. The first kappa shape index (κ1) is 11.4. The molecule has 0 radical (unpaired) electrons. The quantitative estimate of drug-likeness (QED) is 0.805. The van der Waals surface area contributed by atoms with Gasteiger partial charge in [0.2, 0.25) is 0 Å². The Morgan fingerprint density at radius 3 is 2.88 bits per heavy atom. The second kappa shape index (κ2) is 4.44. The molecule has 3 nitrogen and oxygen atoms in total. The summed E-state index contributed by atoms with van der Waals surface area (Å²) in [5.41, 5.74) is 7.96.